The van der Waals surface area contributed by atoms with Gasteiger partial charge in [-0.3, -0.25) is 4.79 Å². The second kappa shape index (κ2) is 7.11. The molecule has 2 amide bonds. The minimum Gasteiger partial charge on any atom is -0.481 e. The van der Waals surface area contributed by atoms with Crippen molar-refractivity contribution in [2.75, 3.05) is 20.2 Å². The monoisotopic (exact) mass is 246 g/mol. The van der Waals surface area contributed by atoms with E-state index in [4.69, 9.17) is 10.2 Å². The van der Waals surface area contributed by atoms with Crippen molar-refractivity contribution in [3.63, 3.8) is 0 Å². The molecule has 0 aromatic rings. The molecule has 0 rings (SSSR count). The van der Waals surface area contributed by atoms with Crippen LogP contribution in [0.1, 0.15) is 20.8 Å². The number of amides is 2. The standard InChI is InChI=1S/C11H22N2O4/c1-7(2)9(10(15)16)5-12-11(17)13(4)8(3)6-14/h7-9,14H,5-6H2,1-4H3,(H,12,17)(H,15,16). The highest BCUT2D eigenvalue weighted by molar-refractivity contribution is 5.76. The van der Waals surface area contributed by atoms with Gasteiger partial charge in [0.25, 0.3) is 0 Å². The number of hydrogen-bond donors (Lipinski definition) is 3. The molecule has 0 heterocycles. The number of aliphatic hydroxyl groups excluding tert-OH is 1. The molecule has 17 heavy (non-hydrogen) atoms. The Morgan fingerprint density at radius 1 is 1.29 bits per heavy atom. The van der Waals surface area contributed by atoms with Crippen molar-refractivity contribution >= 4 is 12.0 Å². The molecule has 2 unspecified atom stereocenters. The van der Waals surface area contributed by atoms with E-state index in [1.54, 1.807) is 27.8 Å². The largest absolute Gasteiger partial charge is 0.481 e. The van der Waals surface area contributed by atoms with Gasteiger partial charge in [0.15, 0.2) is 0 Å². The third-order valence-corrected chi connectivity index (χ3v) is 2.84. The van der Waals surface area contributed by atoms with Gasteiger partial charge in [-0.15, -0.1) is 0 Å². The lowest BCUT2D eigenvalue weighted by Crippen LogP contribution is -2.46. The minimum absolute atomic E-state index is 0.0478. The van der Waals surface area contributed by atoms with E-state index in [-0.39, 0.29) is 31.1 Å². The van der Waals surface area contributed by atoms with E-state index >= 15 is 0 Å². The highest BCUT2D eigenvalue weighted by atomic mass is 16.4. The lowest BCUT2D eigenvalue weighted by molar-refractivity contribution is -0.142. The molecule has 100 valence electrons. The predicted molar refractivity (Wildman–Crippen MR) is 63.7 cm³/mol. The molecule has 0 aromatic carbocycles. The van der Waals surface area contributed by atoms with Crippen LogP contribution in [0.3, 0.4) is 0 Å². The van der Waals surface area contributed by atoms with Gasteiger partial charge in [0.2, 0.25) is 0 Å². The fourth-order valence-electron chi connectivity index (χ4n) is 1.25. The Bertz CT molecular complexity index is 268. The van der Waals surface area contributed by atoms with Crippen LogP contribution in [0.4, 0.5) is 4.79 Å². The number of nitrogens with one attached hydrogen (secondary N) is 1. The maximum atomic E-state index is 11.6. The Labute approximate surface area is 102 Å². The van der Waals surface area contributed by atoms with E-state index in [9.17, 15) is 9.59 Å². The van der Waals surface area contributed by atoms with E-state index in [0.717, 1.165) is 0 Å². The van der Waals surface area contributed by atoms with Crippen LogP contribution < -0.4 is 5.32 Å². The van der Waals surface area contributed by atoms with Gasteiger partial charge in [0, 0.05) is 13.6 Å². The van der Waals surface area contributed by atoms with Gasteiger partial charge in [-0.25, -0.2) is 4.79 Å². The Balaban J connectivity index is 4.26. The number of hydrogen-bond acceptors (Lipinski definition) is 3. The summed E-state index contributed by atoms with van der Waals surface area (Å²) in [6, 6.07) is -0.671. The molecule has 0 aliphatic rings. The van der Waals surface area contributed by atoms with E-state index in [0.29, 0.717) is 0 Å². The average molecular weight is 246 g/mol. The van der Waals surface area contributed by atoms with Crippen molar-refractivity contribution in [3.8, 4) is 0 Å². The van der Waals surface area contributed by atoms with Crippen LogP contribution in [0.15, 0.2) is 0 Å². The van der Waals surface area contributed by atoms with Crippen molar-refractivity contribution in [1.82, 2.24) is 10.2 Å². The molecule has 0 saturated heterocycles. The second-order valence-corrected chi connectivity index (χ2v) is 4.52. The molecule has 0 saturated carbocycles. The summed E-state index contributed by atoms with van der Waals surface area (Å²) in [6.45, 7) is 5.26. The number of carbonyl (C=O) groups is 2. The van der Waals surface area contributed by atoms with Gasteiger partial charge in [-0.1, -0.05) is 13.8 Å². The summed E-state index contributed by atoms with van der Waals surface area (Å²) in [5.74, 6) is -1.57. The van der Waals surface area contributed by atoms with Crippen molar-refractivity contribution in [1.29, 1.82) is 0 Å². The number of likely N-dealkylation sites (N-methyl/N-ethyl adjacent to an activating group) is 1. The second-order valence-electron chi connectivity index (χ2n) is 4.52. The van der Waals surface area contributed by atoms with E-state index < -0.39 is 11.9 Å². The van der Waals surface area contributed by atoms with Gasteiger partial charge >= 0.3 is 12.0 Å². The SMILES string of the molecule is CC(C)C(CNC(=O)N(C)C(C)CO)C(=O)O. The first-order valence-corrected chi connectivity index (χ1v) is 5.65. The molecule has 2 atom stereocenters. The van der Waals surface area contributed by atoms with Crippen molar-refractivity contribution in [3.05, 3.63) is 0 Å². The normalized spacial score (nSPS) is 14.2. The van der Waals surface area contributed by atoms with Gasteiger partial charge in [-0.05, 0) is 12.8 Å². The summed E-state index contributed by atoms with van der Waals surface area (Å²) in [4.78, 5) is 23.9. The molecular formula is C11H22N2O4. The molecule has 0 aromatic heterocycles. The Morgan fingerprint density at radius 2 is 1.82 bits per heavy atom. The van der Waals surface area contributed by atoms with Gasteiger partial charge in [-0.2, -0.15) is 0 Å². The summed E-state index contributed by atoms with van der Waals surface area (Å²) >= 11 is 0. The number of carboxylic acids is 1. The van der Waals surface area contributed by atoms with Crippen LogP contribution in [0.2, 0.25) is 0 Å². The van der Waals surface area contributed by atoms with Crippen molar-refractivity contribution in [2.45, 2.75) is 26.8 Å². The predicted octanol–water partition coefficient (Wildman–Crippen LogP) is 0.365. The molecule has 0 aliphatic heterocycles. The molecule has 0 fully saturated rings. The molecule has 0 aliphatic carbocycles. The molecule has 6 nitrogen and oxygen atoms in total. The summed E-state index contributed by atoms with van der Waals surface area (Å²) < 4.78 is 0. The molecular weight excluding hydrogens is 224 g/mol. The summed E-state index contributed by atoms with van der Waals surface area (Å²) in [7, 11) is 1.56. The van der Waals surface area contributed by atoms with E-state index in [2.05, 4.69) is 5.32 Å². The number of nitrogens with zero attached hydrogens (tertiary/aromatic N) is 1. The van der Waals surface area contributed by atoms with E-state index in [1.165, 1.54) is 4.90 Å². The highest BCUT2D eigenvalue weighted by Crippen LogP contribution is 2.09. The zero-order valence-corrected chi connectivity index (χ0v) is 10.8. The first-order valence-electron chi connectivity index (χ1n) is 5.65. The number of rotatable bonds is 6. The molecule has 6 heteroatoms. The van der Waals surface area contributed by atoms with Crippen LogP contribution in [-0.2, 0) is 4.79 Å². The first-order chi connectivity index (χ1) is 7.81. The highest BCUT2D eigenvalue weighted by Gasteiger charge is 2.23. The Hall–Kier alpha value is -1.30. The third-order valence-electron chi connectivity index (χ3n) is 2.84. The number of carboxylic acid groups (broad SMARTS) is 1. The van der Waals surface area contributed by atoms with Gasteiger partial charge in [0.05, 0.1) is 18.6 Å². The van der Waals surface area contributed by atoms with Crippen LogP contribution >= 0.6 is 0 Å². The summed E-state index contributed by atoms with van der Waals surface area (Å²) in [5.41, 5.74) is 0. The minimum atomic E-state index is -0.918. The lowest BCUT2D eigenvalue weighted by Gasteiger charge is -2.25. The number of aliphatic hydroxyl groups is 1. The smallest absolute Gasteiger partial charge is 0.317 e. The third kappa shape index (κ3) is 5.04. The van der Waals surface area contributed by atoms with Crippen molar-refractivity contribution in [2.24, 2.45) is 11.8 Å². The molecule has 0 radical (unpaired) electrons. The van der Waals surface area contributed by atoms with Crippen LogP contribution in [0.25, 0.3) is 0 Å². The summed E-state index contributed by atoms with van der Waals surface area (Å²) in [5, 5.41) is 20.4. The van der Waals surface area contributed by atoms with Crippen LogP contribution in [0, 0.1) is 11.8 Å². The fraction of sp³-hybridized carbons (Fsp3) is 0.818. The Kier molecular flexibility index (Phi) is 6.57. The van der Waals surface area contributed by atoms with Crippen LogP contribution in [-0.4, -0.2) is 53.4 Å². The maximum absolute atomic E-state index is 11.6. The molecule has 0 bridgehead atoms. The lowest BCUT2D eigenvalue weighted by atomic mass is 9.96. The molecule has 3 N–H and O–H groups in total. The topological polar surface area (TPSA) is 89.9 Å². The summed E-state index contributed by atoms with van der Waals surface area (Å²) in [6.07, 6.45) is 0. The van der Waals surface area contributed by atoms with Gasteiger partial charge < -0.3 is 20.4 Å². The first kappa shape index (κ1) is 15.7. The maximum Gasteiger partial charge on any atom is 0.317 e. The van der Waals surface area contributed by atoms with Crippen molar-refractivity contribution < 1.29 is 19.8 Å². The quantitative estimate of drug-likeness (QED) is 0.631. The van der Waals surface area contributed by atoms with Crippen LogP contribution in [0.5, 0.6) is 0 Å². The van der Waals surface area contributed by atoms with E-state index in [1.807, 2.05) is 0 Å². The Morgan fingerprint density at radius 3 is 2.18 bits per heavy atom. The molecule has 0 spiro atoms. The zero-order chi connectivity index (χ0) is 13.6. The van der Waals surface area contributed by atoms with Gasteiger partial charge in [0.1, 0.15) is 0 Å². The fourth-order valence-corrected chi connectivity index (χ4v) is 1.25. The zero-order valence-electron chi connectivity index (χ0n) is 10.8. The number of carbonyl (C=O) groups excluding carboxylic acids is 1. The number of urea groups is 1. The number of aliphatic carboxylic acids is 1. The average Bonchev–Trinajstić information content (AvgIpc) is 2.25.